The van der Waals surface area contributed by atoms with Gasteiger partial charge in [-0.25, -0.2) is 4.39 Å². The van der Waals surface area contributed by atoms with Crippen LogP contribution in [0.4, 0.5) is 9.52 Å². The molecule has 3 aromatic rings. The average molecular weight is 431 g/mol. The number of anilines is 1. The van der Waals surface area contributed by atoms with Crippen LogP contribution in [0.5, 0.6) is 0 Å². The molecule has 6 nitrogen and oxygen atoms in total. The highest BCUT2D eigenvalue weighted by Crippen LogP contribution is 2.28. The molecule has 1 aliphatic rings. The van der Waals surface area contributed by atoms with E-state index in [1.165, 1.54) is 23.5 Å². The predicted octanol–water partition coefficient (Wildman–Crippen LogP) is 4.24. The van der Waals surface area contributed by atoms with Crippen molar-refractivity contribution >= 4 is 39.9 Å². The van der Waals surface area contributed by atoms with Crippen LogP contribution in [0.25, 0.3) is 10.6 Å². The fourth-order valence-electron chi connectivity index (χ4n) is 3.24. The van der Waals surface area contributed by atoms with E-state index < -0.39 is 6.04 Å². The van der Waals surface area contributed by atoms with Gasteiger partial charge in [-0.2, -0.15) is 0 Å². The summed E-state index contributed by atoms with van der Waals surface area (Å²) in [6, 6.07) is 12.1. The Labute approximate surface area is 175 Å². The molecule has 0 saturated carbocycles. The molecule has 148 valence electrons. The molecule has 0 radical (unpaired) electrons. The second-order valence-corrected chi connectivity index (χ2v) is 7.93. The van der Waals surface area contributed by atoms with Crippen molar-refractivity contribution in [2.45, 2.75) is 18.9 Å². The van der Waals surface area contributed by atoms with Crippen LogP contribution in [0.1, 0.15) is 23.2 Å². The molecular formula is C20H16ClFN4O2S. The Morgan fingerprint density at radius 3 is 2.66 bits per heavy atom. The number of carbonyl (C=O) groups is 2. The van der Waals surface area contributed by atoms with E-state index in [-0.39, 0.29) is 17.6 Å². The van der Waals surface area contributed by atoms with E-state index in [1.807, 2.05) is 0 Å². The van der Waals surface area contributed by atoms with Crippen LogP contribution in [0.15, 0.2) is 48.5 Å². The van der Waals surface area contributed by atoms with Crippen molar-refractivity contribution in [1.82, 2.24) is 15.1 Å². The summed E-state index contributed by atoms with van der Waals surface area (Å²) in [6.07, 6.45) is 1.29. The number of benzene rings is 2. The van der Waals surface area contributed by atoms with Crippen molar-refractivity contribution in [1.29, 1.82) is 0 Å². The number of hydrogen-bond acceptors (Lipinski definition) is 5. The third-order valence-corrected chi connectivity index (χ3v) is 5.88. The molecule has 29 heavy (non-hydrogen) atoms. The second kappa shape index (κ2) is 8.26. The van der Waals surface area contributed by atoms with Gasteiger partial charge in [-0.15, -0.1) is 10.2 Å². The normalized spacial score (nSPS) is 16.1. The third-order valence-electron chi connectivity index (χ3n) is 4.67. The molecule has 2 aromatic carbocycles. The van der Waals surface area contributed by atoms with Gasteiger partial charge in [0.05, 0.1) is 10.6 Å². The van der Waals surface area contributed by atoms with E-state index >= 15 is 0 Å². The molecule has 1 N–H and O–H groups in total. The lowest BCUT2D eigenvalue weighted by Gasteiger charge is -2.24. The molecule has 1 fully saturated rings. The summed E-state index contributed by atoms with van der Waals surface area (Å²) in [4.78, 5) is 27.2. The SMILES string of the molecule is O=C(Nc1nnc(-c2ccc(F)cc2)s1)C1CCCN1C(=O)c1ccccc1Cl. The van der Waals surface area contributed by atoms with Gasteiger partial charge in [0, 0.05) is 12.1 Å². The molecule has 1 aromatic heterocycles. The second-order valence-electron chi connectivity index (χ2n) is 6.54. The molecule has 2 heterocycles. The molecular weight excluding hydrogens is 415 g/mol. The standard InChI is InChI=1S/C20H16ClFN4O2S/c21-15-5-2-1-4-14(15)19(28)26-11-3-6-16(26)17(27)23-20-25-24-18(29-20)12-7-9-13(22)10-8-12/h1-2,4-5,7-10,16H,3,6,11H2,(H,23,25,27). The molecule has 0 bridgehead atoms. The van der Waals surface area contributed by atoms with Gasteiger partial charge in [0.15, 0.2) is 0 Å². The number of nitrogens with zero attached hydrogens (tertiary/aromatic N) is 3. The highest BCUT2D eigenvalue weighted by Gasteiger charge is 2.35. The minimum atomic E-state index is -0.600. The van der Waals surface area contributed by atoms with Crippen LogP contribution >= 0.6 is 22.9 Å². The predicted molar refractivity (Wildman–Crippen MR) is 109 cm³/mol. The van der Waals surface area contributed by atoms with E-state index in [2.05, 4.69) is 15.5 Å². The number of halogens is 2. The average Bonchev–Trinajstić information content (AvgIpc) is 3.38. The van der Waals surface area contributed by atoms with Gasteiger partial charge in [-0.1, -0.05) is 35.1 Å². The molecule has 0 aliphatic carbocycles. The first-order chi connectivity index (χ1) is 14.0. The molecule has 1 aliphatic heterocycles. The van der Waals surface area contributed by atoms with Gasteiger partial charge < -0.3 is 4.90 Å². The molecule has 0 spiro atoms. The lowest BCUT2D eigenvalue weighted by atomic mass is 10.1. The maximum absolute atomic E-state index is 13.1. The van der Waals surface area contributed by atoms with Crippen LogP contribution in [-0.2, 0) is 4.79 Å². The number of carbonyl (C=O) groups excluding carboxylic acids is 2. The van der Waals surface area contributed by atoms with Crippen LogP contribution in [-0.4, -0.2) is 39.5 Å². The Bertz CT molecular complexity index is 1060. The Kier molecular flexibility index (Phi) is 5.55. The number of amides is 2. The lowest BCUT2D eigenvalue weighted by Crippen LogP contribution is -2.43. The number of rotatable bonds is 4. The Hall–Kier alpha value is -2.84. The zero-order valence-corrected chi connectivity index (χ0v) is 16.7. The van der Waals surface area contributed by atoms with Crippen LogP contribution in [0.2, 0.25) is 5.02 Å². The van der Waals surface area contributed by atoms with Crippen molar-refractivity contribution in [3.8, 4) is 10.6 Å². The van der Waals surface area contributed by atoms with Gasteiger partial charge >= 0.3 is 0 Å². The molecule has 4 rings (SSSR count). The summed E-state index contributed by atoms with van der Waals surface area (Å²) in [5.74, 6) is -0.918. The zero-order valence-electron chi connectivity index (χ0n) is 15.1. The quantitative estimate of drug-likeness (QED) is 0.671. The summed E-state index contributed by atoms with van der Waals surface area (Å²) in [5, 5.41) is 12.0. The first-order valence-electron chi connectivity index (χ1n) is 8.99. The van der Waals surface area contributed by atoms with Crippen molar-refractivity contribution in [2.75, 3.05) is 11.9 Å². The summed E-state index contributed by atoms with van der Waals surface area (Å²) in [6.45, 7) is 0.485. The number of hydrogen-bond donors (Lipinski definition) is 1. The molecule has 9 heteroatoms. The molecule has 1 unspecified atom stereocenters. The minimum Gasteiger partial charge on any atom is -0.327 e. The van der Waals surface area contributed by atoms with Crippen LogP contribution < -0.4 is 5.32 Å². The summed E-state index contributed by atoms with van der Waals surface area (Å²) < 4.78 is 13.1. The van der Waals surface area contributed by atoms with Crippen LogP contribution in [0, 0.1) is 5.82 Å². The summed E-state index contributed by atoms with van der Waals surface area (Å²) in [5.41, 5.74) is 1.09. The molecule has 1 saturated heterocycles. The Morgan fingerprint density at radius 1 is 1.14 bits per heavy atom. The van der Waals surface area contributed by atoms with E-state index in [9.17, 15) is 14.0 Å². The monoisotopic (exact) mass is 430 g/mol. The molecule has 2 amide bonds. The van der Waals surface area contributed by atoms with Gasteiger partial charge in [0.1, 0.15) is 16.9 Å². The maximum atomic E-state index is 13.1. The smallest absolute Gasteiger partial charge is 0.256 e. The Balaban J connectivity index is 1.47. The highest BCUT2D eigenvalue weighted by atomic mass is 35.5. The Morgan fingerprint density at radius 2 is 1.90 bits per heavy atom. The van der Waals surface area contributed by atoms with Crippen molar-refractivity contribution < 1.29 is 14.0 Å². The fraction of sp³-hybridized carbons (Fsp3) is 0.200. The van der Waals surface area contributed by atoms with Gasteiger partial charge in [0.25, 0.3) is 5.91 Å². The van der Waals surface area contributed by atoms with Gasteiger partial charge in [0.2, 0.25) is 11.0 Å². The van der Waals surface area contributed by atoms with Gasteiger partial charge in [-0.05, 0) is 49.2 Å². The number of nitrogens with one attached hydrogen (secondary N) is 1. The maximum Gasteiger partial charge on any atom is 0.256 e. The topological polar surface area (TPSA) is 75.2 Å². The van der Waals surface area contributed by atoms with E-state index in [4.69, 9.17) is 11.6 Å². The van der Waals surface area contributed by atoms with E-state index in [0.717, 1.165) is 6.42 Å². The fourth-order valence-corrected chi connectivity index (χ4v) is 4.21. The van der Waals surface area contributed by atoms with Crippen LogP contribution in [0.3, 0.4) is 0 Å². The number of aromatic nitrogens is 2. The summed E-state index contributed by atoms with van der Waals surface area (Å²) >= 11 is 7.32. The minimum absolute atomic E-state index is 0.266. The molecule has 1 atom stereocenters. The summed E-state index contributed by atoms with van der Waals surface area (Å²) in [7, 11) is 0. The van der Waals surface area contributed by atoms with Crippen molar-refractivity contribution in [2.24, 2.45) is 0 Å². The third kappa shape index (κ3) is 4.13. The van der Waals surface area contributed by atoms with E-state index in [0.29, 0.717) is 39.3 Å². The van der Waals surface area contributed by atoms with Gasteiger partial charge in [-0.3, -0.25) is 14.9 Å². The first kappa shape index (κ1) is 19.5. The largest absolute Gasteiger partial charge is 0.327 e. The first-order valence-corrected chi connectivity index (χ1v) is 10.2. The number of likely N-dealkylation sites (tertiary alicyclic amines) is 1. The van der Waals surface area contributed by atoms with Crippen molar-refractivity contribution in [3.63, 3.8) is 0 Å². The van der Waals surface area contributed by atoms with Crippen molar-refractivity contribution in [3.05, 3.63) is 64.9 Å². The highest BCUT2D eigenvalue weighted by molar-refractivity contribution is 7.18. The zero-order chi connectivity index (χ0) is 20.4. The van der Waals surface area contributed by atoms with E-state index in [1.54, 1.807) is 41.3 Å². The lowest BCUT2D eigenvalue weighted by molar-refractivity contribution is -0.119.